The fraction of sp³-hybridized carbons (Fsp3) is 0.500. The number of sulfonamides is 1. The van der Waals surface area contributed by atoms with E-state index < -0.39 is 10.0 Å². The molecule has 200 valence electrons. The van der Waals surface area contributed by atoms with Crippen LogP contribution in [0.2, 0.25) is 0 Å². The van der Waals surface area contributed by atoms with Crippen LogP contribution in [0.1, 0.15) is 44.7 Å². The second kappa shape index (κ2) is 10.6. The van der Waals surface area contributed by atoms with Gasteiger partial charge in [0.2, 0.25) is 10.0 Å². The van der Waals surface area contributed by atoms with Crippen LogP contribution in [0.4, 0.5) is 5.69 Å². The Morgan fingerprint density at radius 1 is 1.19 bits per heavy atom. The molecule has 1 saturated heterocycles. The molecule has 1 atom stereocenters. The summed E-state index contributed by atoms with van der Waals surface area (Å²) in [5, 5.41) is 0.862. The Morgan fingerprint density at radius 2 is 1.95 bits per heavy atom. The minimum absolute atomic E-state index is 0.0486. The lowest BCUT2D eigenvalue weighted by atomic mass is 9.81. The lowest BCUT2D eigenvalue weighted by Crippen LogP contribution is -2.30. The van der Waals surface area contributed by atoms with Crippen molar-refractivity contribution in [1.82, 2.24) is 9.71 Å². The maximum absolute atomic E-state index is 13.2. The number of allylic oxidation sites excluding steroid dienone is 3. The highest BCUT2D eigenvalue weighted by Gasteiger charge is 2.29. The molecular formula is C28H37N3O5S. The van der Waals surface area contributed by atoms with Crippen LogP contribution >= 0.6 is 0 Å². The lowest BCUT2D eigenvalue weighted by Gasteiger charge is -2.26. The zero-order chi connectivity index (χ0) is 27.0. The van der Waals surface area contributed by atoms with Gasteiger partial charge in [-0.25, -0.2) is 13.1 Å². The van der Waals surface area contributed by atoms with Gasteiger partial charge in [0.15, 0.2) is 5.78 Å². The van der Waals surface area contributed by atoms with Gasteiger partial charge in [0, 0.05) is 55.3 Å². The van der Waals surface area contributed by atoms with E-state index in [0.29, 0.717) is 25.1 Å². The average molecular weight is 528 g/mol. The number of rotatable bonds is 8. The van der Waals surface area contributed by atoms with Gasteiger partial charge in [0.05, 0.1) is 37.4 Å². The molecular weight excluding hydrogens is 490 g/mol. The van der Waals surface area contributed by atoms with Crippen molar-refractivity contribution in [1.29, 1.82) is 0 Å². The molecule has 1 aliphatic heterocycles. The number of hydrogen-bond acceptors (Lipinski definition) is 7. The van der Waals surface area contributed by atoms with Crippen molar-refractivity contribution in [2.24, 2.45) is 5.92 Å². The van der Waals surface area contributed by atoms with Crippen molar-refractivity contribution in [3.05, 3.63) is 47.2 Å². The Hall–Kier alpha value is -2.75. The molecule has 2 aliphatic rings. The van der Waals surface area contributed by atoms with Crippen molar-refractivity contribution in [2.75, 3.05) is 51.6 Å². The third kappa shape index (κ3) is 6.05. The Kier molecular flexibility index (Phi) is 7.78. The predicted octanol–water partition coefficient (Wildman–Crippen LogP) is 3.85. The van der Waals surface area contributed by atoms with Crippen molar-refractivity contribution < 1.29 is 22.7 Å². The number of pyridine rings is 1. The fourth-order valence-corrected chi connectivity index (χ4v) is 5.64. The molecule has 2 aromatic rings. The van der Waals surface area contributed by atoms with E-state index in [4.69, 9.17) is 14.5 Å². The Balaban J connectivity index is 1.79. The number of ketones is 1. The summed E-state index contributed by atoms with van der Waals surface area (Å²) in [6.07, 6.45) is 8.09. The van der Waals surface area contributed by atoms with E-state index in [9.17, 15) is 13.2 Å². The van der Waals surface area contributed by atoms with E-state index in [1.807, 2.05) is 18.3 Å². The molecule has 9 heteroatoms. The first-order valence-corrected chi connectivity index (χ1v) is 14.4. The van der Waals surface area contributed by atoms with Gasteiger partial charge in [0.1, 0.15) is 5.75 Å². The highest BCUT2D eigenvalue weighted by atomic mass is 32.2. The number of Topliss-reactive ketones (excluding diaryl/α,β-unsaturated/α-hetero) is 1. The zero-order valence-electron chi connectivity index (χ0n) is 22.6. The molecule has 0 unspecified atom stereocenters. The molecule has 0 saturated carbocycles. The molecule has 1 fully saturated rings. The van der Waals surface area contributed by atoms with Crippen molar-refractivity contribution in [2.45, 2.75) is 39.0 Å². The van der Waals surface area contributed by atoms with E-state index in [1.54, 1.807) is 14.2 Å². The molecule has 0 radical (unpaired) electrons. The largest absolute Gasteiger partial charge is 0.496 e. The SMILES string of the molecule is COCC1=CC=C(c2cc(C(C)(C)C)c(OC)c3cc(N4CC[C@H](CNS(C)(=O)=O)C4)cnc23)C(=O)C1. The lowest BCUT2D eigenvalue weighted by molar-refractivity contribution is -0.113. The quantitative estimate of drug-likeness (QED) is 0.557. The van der Waals surface area contributed by atoms with Gasteiger partial charge in [-0.2, -0.15) is 0 Å². The van der Waals surface area contributed by atoms with Crippen LogP contribution in [0.15, 0.2) is 36.1 Å². The number of anilines is 1. The van der Waals surface area contributed by atoms with Crippen LogP contribution in [0, 0.1) is 5.92 Å². The summed E-state index contributed by atoms with van der Waals surface area (Å²) in [5.74, 6) is 1.03. The highest BCUT2D eigenvalue weighted by molar-refractivity contribution is 7.88. The highest BCUT2D eigenvalue weighted by Crippen LogP contribution is 2.42. The number of benzene rings is 1. The first kappa shape index (κ1) is 27.3. The third-order valence-electron chi connectivity index (χ3n) is 7.00. The predicted molar refractivity (Wildman–Crippen MR) is 148 cm³/mol. The number of nitrogens with zero attached hydrogens (tertiary/aromatic N) is 2. The van der Waals surface area contributed by atoms with E-state index in [0.717, 1.165) is 58.6 Å². The summed E-state index contributed by atoms with van der Waals surface area (Å²) in [7, 11) is 0.0805. The van der Waals surface area contributed by atoms with Crippen LogP contribution in [-0.2, 0) is 25.0 Å². The molecule has 1 N–H and O–H groups in total. The van der Waals surface area contributed by atoms with Crippen LogP contribution in [0.5, 0.6) is 5.75 Å². The van der Waals surface area contributed by atoms with Crippen LogP contribution in [0.25, 0.3) is 16.5 Å². The second-order valence-electron chi connectivity index (χ2n) is 11.0. The van der Waals surface area contributed by atoms with E-state index in [-0.39, 0.29) is 17.1 Å². The summed E-state index contributed by atoms with van der Waals surface area (Å²) < 4.78 is 36.8. The number of carbonyl (C=O) groups is 1. The summed E-state index contributed by atoms with van der Waals surface area (Å²) in [6, 6.07) is 4.14. The maximum Gasteiger partial charge on any atom is 0.208 e. The molecule has 37 heavy (non-hydrogen) atoms. The summed E-state index contributed by atoms with van der Waals surface area (Å²) >= 11 is 0. The first-order valence-electron chi connectivity index (χ1n) is 12.5. The van der Waals surface area contributed by atoms with E-state index in [1.165, 1.54) is 6.26 Å². The van der Waals surface area contributed by atoms with Crippen molar-refractivity contribution in [3.63, 3.8) is 0 Å². The van der Waals surface area contributed by atoms with E-state index in [2.05, 4.69) is 42.5 Å². The Labute approximate surface area is 219 Å². The monoisotopic (exact) mass is 527 g/mol. The number of hydrogen-bond donors (Lipinski definition) is 1. The molecule has 8 nitrogen and oxygen atoms in total. The minimum Gasteiger partial charge on any atom is -0.496 e. The normalized spacial score (nSPS) is 18.8. The van der Waals surface area contributed by atoms with Gasteiger partial charge in [-0.05, 0) is 35.5 Å². The number of ether oxygens (including phenoxy) is 2. The van der Waals surface area contributed by atoms with Gasteiger partial charge in [-0.15, -0.1) is 0 Å². The van der Waals surface area contributed by atoms with Gasteiger partial charge in [0.25, 0.3) is 0 Å². The number of methoxy groups -OCH3 is 2. The Morgan fingerprint density at radius 3 is 2.57 bits per heavy atom. The Bertz CT molecular complexity index is 1370. The van der Waals surface area contributed by atoms with Crippen molar-refractivity contribution >= 4 is 38.0 Å². The number of fused-ring (bicyclic) bond motifs is 1. The smallest absolute Gasteiger partial charge is 0.208 e. The molecule has 1 aromatic heterocycles. The minimum atomic E-state index is -3.22. The number of carbonyl (C=O) groups excluding carboxylic acids is 1. The van der Waals surface area contributed by atoms with Gasteiger partial charge in [-0.1, -0.05) is 32.9 Å². The number of aromatic nitrogens is 1. The zero-order valence-corrected chi connectivity index (χ0v) is 23.4. The van der Waals surface area contributed by atoms with Gasteiger partial charge in [-0.3, -0.25) is 9.78 Å². The molecule has 1 aliphatic carbocycles. The maximum atomic E-state index is 13.2. The topological polar surface area (TPSA) is 97.8 Å². The summed E-state index contributed by atoms with van der Waals surface area (Å²) in [6.45, 7) is 8.80. The van der Waals surface area contributed by atoms with Crippen LogP contribution in [0.3, 0.4) is 0 Å². The molecule has 0 amide bonds. The van der Waals surface area contributed by atoms with Gasteiger partial charge < -0.3 is 14.4 Å². The van der Waals surface area contributed by atoms with Gasteiger partial charge >= 0.3 is 0 Å². The van der Waals surface area contributed by atoms with E-state index >= 15 is 0 Å². The first-order chi connectivity index (χ1) is 17.4. The standard InChI is InChI=1S/C28H37N3O5S/c1-28(2,3)24-13-22(21-8-7-18(17-35-4)11-25(21)32)26-23(27(24)36-5)12-20(15-29-26)31-10-9-19(16-31)14-30-37(6,33)34/h7-8,12-13,15,19,30H,9-11,14,16-17H2,1-6H3/t19-/m1/s1. The summed E-state index contributed by atoms with van der Waals surface area (Å²) in [4.78, 5) is 20.3. The van der Waals surface area contributed by atoms with Crippen molar-refractivity contribution in [3.8, 4) is 5.75 Å². The fourth-order valence-electron chi connectivity index (χ4n) is 5.10. The molecule has 0 spiro atoms. The molecule has 2 heterocycles. The van der Waals surface area contributed by atoms with Crippen LogP contribution in [-0.4, -0.2) is 65.9 Å². The second-order valence-corrected chi connectivity index (χ2v) is 12.8. The molecule has 0 bridgehead atoms. The average Bonchev–Trinajstić information content (AvgIpc) is 3.30. The molecule has 4 rings (SSSR count). The number of nitrogens with one attached hydrogen (secondary N) is 1. The molecule has 1 aromatic carbocycles. The van der Waals surface area contributed by atoms with Crippen LogP contribution < -0.4 is 14.4 Å². The third-order valence-corrected chi connectivity index (χ3v) is 7.69. The summed E-state index contributed by atoms with van der Waals surface area (Å²) in [5.41, 5.74) is 4.87.